The summed E-state index contributed by atoms with van der Waals surface area (Å²) in [6.07, 6.45) is 1.83. The zero-order valence-electron chi connectivity index (χ0n) is 21.3. The Morgan fingerprint density at radius 3 is 2.16 bits per heavy atom. The van der Waals surface area contributed by atoms with E-state index < -0.39 is 5.97 Å². The van der Waals surface area contributed by atoms with Gasteiger partial charge in [-0.05, 0) is 73.0 Å². The van der Waals surface area contributed by atoms with Crippen molar-refractivity contribution < 1.29 is 14.6 Å². The van der Waals surface area contributed by atoms with Gasteiger partial charge in [0, 0.05) is 17.5 Å². The summed E-state index contributed by atoms with van der Waals surface area (Å²) in [6, 6.07) is 35.7. The quantitative estimate of drug-likeness (QED) is 0.220. The molecule has 0 aliphatic heterocycles. The van der Waals surface area contributed by atoms with E-state index in [0.29, 0.717) is 12.3 Å². The van der Waals surface area contributed by atoms with E-state index in [2.05, 4.69) is 47.0 Å². The molecule has 1 heterocycles. The summed E-state index contributed by atoms with van der Waals surface area (Å²) in [7, 11) is 0. The van der Waals surface area contributed by atoms with Gasteiger partial charge in [0.1, 0.15) is 5.75 Å². The lowest BCUT2D eigenvalue weighted by Gasteiger charge is -2.15. The number of carboxylic acid groups (broad SMARTS) is 1. The van der Waals surface area contributed by atoms with Crippen LogP contribution in [0.5, 0.6) is 5.75 Å². The molecule has 5 rings (SSSR count). The van der Waals surface area contributed by atoms with Crippen LogP contribution >= 0.6 is 0 Å². The molecule has 0 saturated heterocycles. The number of aryl methyl sites for hydroxylation is 1. The van der Waals surface area contributed by atoms with Gasteiger partial charge in [-0.25, -0.2) is 4.79 Å². The van der Waals surface area contributed by atoms with Gasteiger partial charge in [-0.15, -0.1) is 0 Å². The molecule has 0 radical (unpaired) electrons. The van der Waals surface area contributed by atoms with Crippen molar-refractivity contribution in [1.29, 1.82) is 0 Å². The summed E-state index contributed by atoms with van der Waals surface area (Å²) in [4.78, 5) is 16.3. The van der Waals surface area contributed by atoms with Gasteiger partial charge < -0.3 is 14.4 Å². The highest BCUT2D eigenvalue weighted by Gasteiger charge is 2.19. The van der Waals surface area contributed by atoms with Crippen molar-refractivity contribution in [3.63, 3.8) is 0 Å². The molecule has 0 aliphatic carbocycles. The number of carbonyl (C=O) groups is 1. The van der Waals surface area contributed by atoms with Crippen LogP contribution in [0.2, 0.25) is 0 Å². The Kier molecular flexibility index (Phi) is 7.18. The maximum Gasteiger partial charge on any atom is 0.335 e. The molecule has 0 atom stereocenters. The molecule has 0 amide bonds. The smallest absolute Gasteiger partial charge is 0.335 e. The maximum atomic E-state index is 11.5. The van der Waals surface area contributed by atoms with E-state index in [4.69, 9.17) is 9.73 Å². The minimum atomic E-state index is -0.973. The molecule has 0 fully saturated rings. The lowest BCUT2D eigenvalue weighted by molar-refractivity contribution is 0.0697. The zero-order chi connectivity index (χ0) is 26.5. The van der Waals surface area contributed by atoms with E-state index >= 15 is 0 Å². The highest BCUT2D eigenvalue weighted by molar-refractivity contribution is 5.95. The average molecular weight is 501 g/mol. The molecule has 4 aromatic carbocycles. The van der Waals surface area contributed by atoms with Crippen LogP contribution < -0.4 is 4.74 Å². The number of hydrogen-bond donors (Lipinski definition) is 1. The van der Waals surface area contributed by atoms with Crippen molar-refractivity contribution in [3.8, 4) is 34.0 Å². The fourth-order valence-corrected chi connectivity index (χ4v) is 4.49. The molecule has 5 aromatic rings. The van der Waals surface area contributed by atoms with Gasteiger partial charge in [0.2, 0.25) is 0 Å². The SMILES string of the molecule is CCOc1ccc(-n2c(-c3ccccc3)cc(C=Nc3cc(C(=O)O)ccc3C)c2-c2ccccc2)cc1. The molecule has 0 aliphatic rings. The normalized spacial score (nSPS) is 11.1. The van der Waals surface area contributed by atoms with E-state index in [-0.39, 0.29) is 5.56 Å². The number of ether oxygens (including phenoxy) is 1. The van der Waals surface area contributed by atoms with Crippen molar-refractivity contribution in [2.24, 2.45) is 4.99 Å². The third kappa shape index (κ3) is 5.13. The molecule has 0 bridgehead atoms. The highest BCUT2D eigenvalue weighted by Crippen LogP contribution is 2.36. The number of aromatic nitrogens is 1. The Labute approximate surface area is 222 Å². The van der Waals surface area contributed by atoms with Gasteiger partial charge >= 0.3 is 5.97 Å². The summed E-state index contributed by atoms with van der Waals surface area (Å²) >= 11 is 0. The topological polar surface area (TPSA) is 63.8 Å². The number of aliphatic imine (C=N–C) groups is 1. The van der Waals surface area contributed by atoms with Crippen molar-refractivity contribution in [2.45, 2.75) is 13.8 Å². The molecule has 0 unspecified atom stereocenters. The van der Waals surface area contributed by atoms with Crippen molar-refractivity contribution in [1.82, 2.24) is 4.57 Å². The van der Waals surface area contributed by atoms with Crippen LogP contribution in [0.25, 0.3) is 28.2 Å². The monoisotopic (exact) mass is 500 g/mol. The number of hydrogen-bond acceptors (Lipinski definition) is 3. The van der Waals surface area contributed by atoms with Crippen LogP contribution in [0.1, 0.15) is 28.4 Å². The van der Waals surface area contributed by atoms with Crippen LogP contribution in [0.3, 0.4) is 0 Å². The predicted molar refractivity (Wildman–Crippen MR) is 153 cm³/mol. The Balaban J connectivity index is 1.74. The second kappa shape index (κ2) is 11.0. The summed E-state index contributed by atoms with van der Waals surface area (Å²) in [5.74, 6) is -0.152. The molecule has 0 spiro atoms. The van der Waals surface area contributed by atoms with E-state index in [1.54, 1.807) is 18.2 Å². The van der Waals surface area contributed by atoms with Crippen LogP contribution in [-0.4, -0.2) is 28.5 Å². The molecule has 5 heteroatoms. The largest absolute Gasteiger partial charge is 0.494 e. The van der Waals surface area contributed by atoms with Crippen molar-refractivity contribution in [3.05, 3.63) is 126 Å². The summed E-state index contributed by atoms with van der Waals surface area (Å²) in [5.41, 5.74) is 7.78. The first kappa shape index (κ1) is 24.8. The second-order valence-electron chi connectivity index (χ2n) is 8.89. The van der Waals surface area contributed by atoms with Crippen LogP contribution in [0.4, 0.5) is 5.69 Å². The van der Waals surface area contributed by atoms with Gasteiger partial charge in [0.15, 0.2) is 0 Å². The fourth-order valence-electron chi connectivity index (χ4n) is 4.49. The van der Waals surface area contributed by atoms with Gasteiger partial charge in [-0.2, -0.15) is 0 Å². The summed E-state index contributed by atoms with van der Waals surface area (Å²) < 4.78 is 7.92. The van der Waals surface area contributed by atoms with Gasteiger partial charge in [-0.3, -0.25) is 4.99 Å². The van der Waals surface area contributed by atoms with Crippen molar-refractivity contribution >= 4 is 17.9 Å². The first-order valence-electron chi connectivity index (χ1n) is 12.5. The van der Waals surface area contributed by atoms with E-state index in [1.165, 1.54) is 0 Å². The fraction of sp³-hybridized carbons (Fsp3) is 0.0909. The minimum absolute atomic E-state index is 0.211. The molecule has 188 valence electrons. The second-order valence-corrected chi connectivity index (χ2v) is 8.89. The number of aromatic carboxylic acids is 1. The van der Waals surface area contributed by atoms with Crippen LogP contribution in [0, 0.1) is 6.92 Å². The third-order valence-electron chi connectivity index (χ3n) is 6.35. The van der Waals surface area contributed by atoms with E-state index in [1.807, 2.05) is 68.6 Å². The minimum Gasteiger partial charge on any atom is -0.494 e. The summed E-state index contributed by atoms with van der Waals surface area (Å²) in [5, 5.41) is 9.46. The predicted octanol–water partition coefficient (Wildman–Crippen LogP) is 7.97. The van der Waals surface area contributed by atoms with Gasteiger partial charge in [0.25, 0.3) is 0 Å². The van der Waals surface area contributed by atoms with Crippen molar-refractivity contribution in [2.75, 3.05) is 6.61 Å². The standard InChI is InChI=1S/C33H28N2O3/c1-3-38-29-18-16-28(17-19-29)35-31(24-10-6-4-7-11-24)21-27(32(35)25-12-8-5-9-13-25)22-34-30-20-26(33(36)37)15-14-23(30)2/h4-22H,3H2,1-2H3,(H,36,37). The Bertz CT molecular complexity index is 1590. The van der Waals surface area contributed by atoms with E-state index in [9.17, 15) is 9.90 Å². The molecule has 0 saturated carbocycles. The molecule has 38 heavy (non-hydrogen) atoms. The number of carboxylic acids is 1. The van der Waals surface area contributed by atoms with E-state index in [0.717, 1.165) is 45.1 Å². The molecule has 1 N–H and O–H groups in total. The molecule has 1 aromatic heterocycles. The third-order valence-corrected chi connectivity index (χ3v) is 6.35. The Morgan fingerprint density at radius 2 is 1.53 bits per heavy atom. The van der Waals surface area contributed by atoms with Gasteiger partial charge in [-0.1, -0.05) is 66.7 Å². The average Bonchev–Trinajstić information content (AvgIpc) is 3.33. The number of nitrogens with zero attached hydrogens (tertiary/aromatic N) is 2. The Morgan fingerprint density at radius 1 is 0.868 bits per heavy atom. The zero-order valence-corrected chi connectivity index (χ0v) is 21.3. The Hall–Kier alpha value is -4.90. The lowest BCUT2D eigenvalue weighted by Crippen LogP contribution is -2.01. The lowest BCUT2D eigenvalue weighted by atomic mass is 10.1. The number of rotatable bonds is 8. The first-order valence-corrected chi connectivity index (χ1v) is 12.5. The van der Waals surface area contributed by atoms with Gasteiger partial charge in [0.05, 0.1) is 29.2 Å². The molecular formula is C33H28N2O3. The first-order chi connectivity index (χ1) is 18.5. The van der Waals surface area contributed by atoms with Crippen LogP contribution in [0.15, 0.2) is 114 Å². The molecule has 5 nitrogen and oxygen atoms in total. The summed E-state index contributed by atoms with van der Waals surface area (Å²) in [6.45, 7) is 4.51. The molecular weight excluding hydrogens is 472 g/mol. The van der Waals surface area contributed by atoms with Crippen LogP contribution in [-0.2, 0) is 0 Å². The highest BCUT2D eigenvalue weighted by atomic mass is 16.5. The maximum absolute atomic E-state index is 11.5. The number of benzene rings is 4.